The molecule has 0 saturated heterocycles. The van der Waals surface area contributed by atoms with Crippen molar-refractivity contribution in [3.8, 4) is 0 Å². The topological polar surface area (TPSA) is 116 Å². The number of methoxy groups -OCH3 is 1. The van der Waals surface area contributed by atoms with E-state index in [1.54, 1.807) is 54.6 Å². The first kappa shape index (κ1) is 22.4. The molecule has 1 atom stereocenters. The molecule has 2 rings (SSSR count). The van der Waals surface area contributed by atoms with E-state index >= 15 is 0 Å². The fourth-order valence-corrected chi connectivity index (χ4v) is 3.38. The molecule has 1 aromatic heterocycles. The number of aryl methyl sites for hydroxylation is 1. The standard InChI is InChI=1S/C19H24N4O5S/c1-12-17(23(26)27)13(2)22(21-12)11-14-5-7-15(8-6-14)18(24)20-16(9-10-29-4)19(25)28-3/h5-8,16H,9-11H2,1-4H3,(H,20,24)/t16-/m0/s1. The number of carbonyl (C=O) groups is 2. The molecule has 0 aliphatic carbocycles. The first-order valence-corrected chi connectivity index (χ1v) is 10.3. The van der Waals surface area contributed by atoms with Gasteiger partial charge in [-0.2, -0.15) is 16.9 Å². The first-order valence-electron chi connectivity index (χ1n) is 8.93. The third-order valence-corrected chi connectivity index (χ3v) is 5.12. The van der Waals surface area contributed by atoms with Gasteiger partial charge in [-0.05, 0) is 50.0 Å². The van der Waals surface area contributed by atoms with E-state index in [9.17, 15) is 19.7 Å². The van der Waals surface area contributed by atoms with Crippen LogP contribution in [-0.2, 0) is 16.1 Å². The molecule has 0 aliphatic heterocycles. The molecule has 0 aliphatic rings. The third-order valence-electron chi connectivity index (χ3n) is 4.48. The van der Waals surface area contributed by atoms with Gasteiger partial charge in [0.2, 0.25) is 0 Å². The van der Waals surface area contributed by atoms with Crippen molar-refractivity contribution in [2.45, 2.75) is 32.9 Å². The van der Waals surface area contributed by atoms with Crippen molar-refractivity contribution >= 4 is 29.3 Å². The van der Waals surface area contributed by atoms with Crippen LogP contribution in [-0.4, -0.2) is 51.7 Å². The highest BCUT2D eigenvalue weighted by Crippen LogP contribution is 2.22. The lowest BCUT2D eigenvalue weighted by molar-refractivity contribution is -0.386. The largest absolute Gasteiger partial charge is 0.467 e. The van der Waals surface area contributed by atoms with E-state index in [-0.39, 0.29) is 11.6 Å². The van der Waals surface area contributed by atoms with Crippen LogP contribution in [0.4, 0.5) is 5.69 Å². The first-order chi connectivity index (χ1) is 13.8. The Morgan fingerprint density at radius 1 is 1.31 bits per heavy atom. The summed E-state index contributed by atoms with van der Waals surface area (Å²) >= 11 is 1.58. The highest BCUT2D eigenvalue weighted by atomic mass is 32.2. The number of nitrogens with zero attached hydrogens (tertiary/aromatic N) is 3. The average molecular weight is 420 g/mol. The molecule has 1 amide bonds. The molecule has 9 nitrogen and oxygen atoms in total. The highest BCUT2D eigenvalue weighted by Gasteiger charge is 2.23. The van der Waals surface area contributed by atoms with E-state index in [1.807, 2.05) is 6.26 Å². The van der Waals surface area contributed by atoms with Gasteiger partial charge in [0.1, 0.15) is 17.4 Å². The summed E-state index contributed by atoms with van der Waals surface area (Å²) in [7, 11) is 1.29. The molecular weight excluding hydrogens is 396 g/mol. The van der Waals surface area contributed by atoms with E-state index in [0.717, 1.165) is 5.56 Å². The normalized spacial score (nSPS) is 11.7. The Labute approximate surface area is 173 Å². The Bertz CT molecular complexity index is 895. The molecule has 0 radical (unpaired) electrons. The van der Waals surface area contributed by atoms with Crippen LogP contribution in [0.25, 0.3) is 0 Å². The number of benzene rings is 1. The number of nitro groups is 1. The molecule has 156 valence electrons. The van der Waals surface area contributed by atoms with Gasteiger partial charge < -0.3 is 10.1 Å². The minimum atomic E-state index is -0.699. The molecule has 2 aromatic rings. The van der Waals surface area contributed by atoms with Gasteiger partial charge in [0.15, 0.2) is 0 Å². The van der Waals surface area contributed by atoms with Crippen LogP contribution >= 0.6 is 11.8 Å². The Balaban J connectivity index is 2.09. The van der Waals surface area contributed by atoms with Crippen molar-refractivity contribution in [2.24, 2.45) is 0 Å². The highest BCUT2D eigenvalue weighted by molar-refractivity contribution is 7.98. The number of carbonyl (C=O) groups excluding carboxylic acids is 2. The van der Waals surface area contributed by atoms with Gasteiger partial charge in [-0.15, -0.1) is 0 Å². The van der Waals surface area contributed by atoms with Gasteiger partial charge in [-0.1, -0.05) is 12.1 Å². The fraction of sp³-hybridized carbons (Fsp3) is 0.421. The number of amides is 1. The molecule has 0 saturated carbocycles. The molecule has 10 heteroatoms. The second kappa shape index (κ2) is 10.1. The third kappa shape index (κ3) is 5.57. The number of thioether (sulfide) groups is 1. The monoisotopic (exact) mass is 420 g/mol. The summed E-state index contributed by atoms with van der Waals surface area (Å²) in [6.07, 6.45) is 2.40. The Morgan fingerprint density at radius 2 is 1.97 bits per heavy atom. The van der Waals surface area contributed by atoms with E-state index in [4.69, 9.17) is 4.74 Å². The molecule has 0 unspecified atom stereocenters. The van der Waals surface area contributed by atoms with Crippen LogP contribution in [0.2, 0.25) is 0 Å². The van der Waals surface area contributed by atoms with Crippen molar-refractivity contribution in [1.82, 2.24) is 15.1 Å². The number of esters is 1. The van der Waals surface area contributed by atoms with Crippen LogP contribution in [0.1, 0.15) is 33.7 Å². The van der Waals surface area contributed by atoms with Crippen LogP contribution in [0, 0.1) is 24.0 Å². The maximum Gasteiger partial charge on any atom is 0.328 e. The molecular formula is C19H24N4O5S. The maximum atomic E-state index is 12.5. The predicted molar refractivity (Wildman–Crippen MR) is 110 cm³/mol. The number of ether oxygens (including phenoxy) is 1. The quantitative estimate of drug-likeness (QED) is 0.376. The van der Waals surface area contributed by atoms with Crippen molar-refractivity contribution in [1.29, 1.82) is 0 Å². The number of hydrogen-bond donors (Lipinski definition) is 1. The summed E-state index contributed by atoms with van der Waals surface area (Å²) in [6.45, 7) is 3.60. The van der Waals surface area contributed by atoms with Gasteiger partial charge in [0.05, 0.1) is 18.6 Å². The number of aromatic nitrogens is 2. The van der Waals surface area contributed by atoms with Crippen LogP contribution in [0.5, 0.6) is 0 Å². The molecule has 0 spiro atoms. The van der Waals surface area contributed by atoms with Crippen LogP contribution < -0.4 is 5.32 Å². The summed E-state index contributed by atoms with van der Waals surface area (Å²) in [4.78, 5) is 35.0. The average Bonchev–Trinajstić information content (AvgIpc) is 2.97. The molecule has 1 heterocycles. The van der Waals surface area contributed by atoms with Crippen molar-refractivity contribution < 1.29 is 19.2 Å². The lowest BCUT2D eigenvalue weighted by Crippen LogP contribution is -2.41. The van der Waals surface area contributed by atoms with Crippen molar-refractivity contribution in [3.63, 3.8) is 0 Å². The van der Waals surface area contributed by atoms with Gasteiger partial charge >= 0.3 is 11.7 Å². The van der Waals surface area contributed by atoms with Crippen LogP contribution in [0.3, 0.4) is 0 Å². The zero-order chi connectivity index (χ0) is 21.6. The molecule has 29 heavy (non-hydrogen) atoms. The number of nitrogens with one attached hydrogen (secondary N) is 1. The summed E-state index contributed by atoms with van der Waals surface area (Å²) in [5.41, 5.74) is 2.10. The Morgan fingerprint density at radius 3 is 2.48 bits per heavy atom. The lowest BCUT2D eigenvalue weighted by atomic mass is 10.1. The smallest absolute Gasteiger partial charge is 0.328 e. The van der Waals surface area contributed by atoms with Gasteiger partial charge in [0, 0.05) is 5.56 Å². The molecule has 1 N–H and O–H groups in total. The zero-order valence-corrected chi connectivity index (χ0v) is 17.6. The SMILES string of the molecule is COC(=O)[C@H](CCSC)NC(=O)c1ccc(Cn2nc(C)c([N+](=O)[O-])c2C)cc1. The summed E-state index contributed by atoms with van der Waals surface area (Å²) < 4.78 is 6.32. The predicted octanol–water partition coefficient (Wildman–Crippen LogP) is 2.48. The Hall–Kier alpha value is -2.88. The fourth-order valence-electron chi connectivity index (χ4n) is 2.91. The summed E-state index contributed by atoms with van der Waals surface area (Å²) in [6, 6.07) is 6.11. The van der Waals surface area contributed by atoms with Crippen molar-refractivity contribution in [3.05, 3.63) is 56.9 Å². The van der Waals surface area contributed by atoms with Gasteiger partial charge in [0.25, 0.3) is 5.91 Å². The second-order valence-electron chi connectivity index (χ2n) is 6.46. The van der Waals surface area contributed by atoms with Gasteiger partial charge in [-0.3, -0.25) is 19.6 Å². The molecule has 0 fully saturated rings. The van der Waals surface area contributed by atoms with E-state index in [0.29, 0.717) is 35.7 Å². The van der Waals surface area contributed by atoms with Gasteiger partial charge in [-0.25, -0.2) is 4.79 Å². The second-order valence-corrected chi connectivity index (χ2v) is 7.45. The molecule has 1 aromatic carbocycles. The minimum absolute atomic E-state index is 0.0140. The van der Waals surface area contributed by atoms with Crippen LogP contribution in [0.15, 0.2) is 24.3 Å². The zero-order valence-electron chi connectivity index (χ0n) is 16.8. The lowest BCUT2D eigenvalue weighted by Gasteiger charge is -2.16. The molecule has 0 bridgehead atoms. The maximum absolute atomic E-state index is 12.5. The van der Waals surface area contributed by atoms with Crippen molar-refractivity contribution in [2.75, 3.05) is 19.1 Å². The number of hydrogen-bond acceptors (Lipinski definition) is 7. The Kier molecular flexibility index (Phi) is 7.77. The van der Waals surface area contributed by atoms with E-state index in [1.165, 1.54) is 7.11 Å². The van der Waals surface area contributed by atoms with E-state index < -0.39 is 16.9 Å². The number of rotatable bonds is 9. The summed E-state index contributed by atoms with van der Waals surface area (Å²) in [5.74, 6) is -0.127. The minimum Gasteiger partial charge on any atom is -0.467 e. The summed E-state index contributed by atoms with van der Waals surface area (Å²) in [5, 5.41) is 18.0. The van der Waals surface area contributed by atoms with E-state index in [2.05, 4.69) is 10.4 Å².